The van der Waals surface area contributed by atoms with Gasteiger partial charge in [0.05, 0.1) is 6.61 Å². The normalized spacial score (nSPS) is 23.4. The molecule has 0 amide bonds. The van der Waals surface area contributed by atoms with Gasteiger partial charge in [0.2, 0.25) is 0 Å². The highest BCUT2D eigenvalue weighted by Gasteiger charge is 2.25. The van der Waals surface area contributed by atoms with Crippen LogP contribution in [0, 0.1) is 0 Å². The van der Waals surface area contributed by atoms with Gasteiger partial charge in [-0.05, 0) is 13.5 Å². The molecule has 80 valence electrons. The lowest BCUT2D eigenvalue weighted by Gasteiger charge is -2.31. The van der Waals surface area contributed by atoms with Crippen LogP contribution in [0.15, 0.2) is 12.2 Å². The summed E-state index contributed by atoms with van der Waals surface area (Å²) in [6.45, 7) is 11.0. The minimum Gasteiger partial charge on any atom is -0.368 e. The van der Waals surface area contributed by atoms with Gasteiger partial charge < -0.3 is 4.74 Å². The molecule has 0 saturated carbocycles. The first-order chi connectivity index (χ1) is 6.63. The number of hydrogen-bond acceptors (Lipinski definition) is 3. The molecule has 0 radical (unpaired) electrons. The highest BCUT2D eigenvalue weighted by atomic mass is 16.5. The highest BCUT2D eigenvalue weighted by Crippen LogP contribution is 2.09. The Morgan fingerprint density at radius 3 is 2.93 bits per heavy atom. The van der Waals surface area contributed by atoms with E-state index < -0.39 is 0 Å². The summed E-state index contributed by atoms with van der Waals surface area (Å²) in [5.41, 5.74) is 0.909. The van der Waals surface area contributed by atoms with Crippen molar-refractivity contribution in [1.29, 1.82) is 0 Å². The van der Waals surface area contributed by atoms with Crippen LogP contribution >= 0.6 is 0 Å². The Balaban J connectivity index is 2.43. The number of Topliss-reactive ketones (excluding diaryl/α,β-unsaturated/α-hetero) is 1. The molecule has 0 aromatic carbocycles. The van der Waals surface area contributed by atoms with E-state index in [1.165, 1.54) is 0 Å². The van der Waals surface area contributed by atoms with Gasteiger partial charge in [-0.25, -0.2) is 0 Å². The van der Waals surface area contributed by atoms with Crippen molar-refractivity contribution in [3.8, 4) is 0 Å². The van der Waals surface area contributed by atoms with Crippen LogP contribution in [0.5, 0.6) is 0 Å². The van der Waals surface area contributed by atoms with Crippen LogP contribution in [0.4, 0.5) is 0 Å². The minimum absolute atomic E-state index is 0.163. The molecule has 0 spiro atoms. The zero-order valence-corrected chi connectivity index (χ0v) is 9.08. The molecule has 1 atom stereocenters. The third-order valence-electron chi connectivity index (χ3n) is 2.43. The molecule has 0 N–H and O–H groups in total. The summed E-state index contributed by atoms with van der Waals surface area (Å²) in [4.78, 5) is 13.9. The number of carbonyl (C=O) groups excluding carboxylic acids is 1. The van der Waals surface area contributed by atoms with Crippen LogP contribution in [0.3, 0.4) is 0 Å². The summed E-state index contributed by atoms with van der Waals surface area (Å²) >= 11 is 0. The maximum atomic E-state index is 11.7. The van der Waals surface area contributed by atoms with Crippen molar-refractivity contribution in [3.05, 3.63) is 12.2 Å². The third-order valence-corrected chi connectivity index (χ3v) is 2.43. The van der Waals surface area contributed by atoms with Crippen molar-refractivity contribution in [3.63, 3.8) is 0 Å². The molecule has 0 aromatic rings. The van der Waals surface area contributed by atoms with Crippen LogP contribution in [0.2, 0.25) is 0 Å². The highest BCUT2D eigenvalue weighted by molar-refractivity contribution is 5.85. The lowest BCUT2D eigenvalue weighted by molar-refractivity contribution is -0.135. The molecule has 3 heteroatoms. The Morgan fingerprint density at radius 1 is 1.64 bits per heavy atom. The van der Waals surface area contributed by atoms with Gasteiger partial charge in [-0.15, -0.1) is 0 Å². The van der Waals surface area contributed by atoms with Gasteiger partial charge in [0, 0.05) is 19.5 Å². The molecule has 1 heterocycles. The quantitative estimate of drug-likeness (QED) is 0.635. The number of hydrogen-bond donors (Lipinski definition) is 0. The Morgan fingerprint density at radius 2 is 2.36 bits per heavy atom. The van der Waals surface area contributed by atoms with Crippen molar-refractivity contribution < 1.29 is 9.53 Å². The Bertz CT molecular complexity index is 225. The lowest BCUT2D eigenvalue weighted by atomic mass is 10.1. The van der Waals surface area contributed by atoms with Gasteiger partial charge >= 0.3 is 0 Å². The zero-order chi connectivity index (χ0) is 10.6. The number of allylic oxidation sites excluding steroid dienone is 1. The predicted octanol–water partition coefficient (Wildman–Crippen LogP) is 1.24. The average molecular weight is 197 g/mol. The van der Waals surface area contributed by atoms with E-state index in [1.54, 1.807) is 0 Å². The largest absolute Gasteiger partial charge is 0.368 e. The summed E-state index contributed by atoms with van der Waals surface area (Å²) in [7, 11) is 0. The Hall–Kier alpha value is -0.670. The first-order valence-electron chi connectivity index (χ1n) is 5.14. The monoisotopic (exact) mass is 197 g/mol. The van der Waals surface area contributed by atoms with E-state index in [0.29, 0.717) is 13.0 Å². The summed E-state index contributed by atoms with van der Waals surface area (Å²) < 4.78 is 5.44. The second kappa shape index (κ2) is 5.27. The molecule has 0 aromatic heterocycles. The smallest absolute Gasteiger partial charge is 0.166 e. The second-order valence-corrected chi connectivity index (χ2v) is 3.85. The second-order valence-electron chi connectivity index (χ2n) is 3.85. The maximum absolute atomic E-state index is 11.7. The first-order valence-corrected chi connectivity index (χ1v) is 5.14. The lowest BCUT2D eigenvalue weighted by Crippen LogP contribution is -2.45. The van der Waals surface area contributed by atoms with E-state index in [9.17, 15) is 4.79 Å². The van der Waals surface area contributed by atoms with Gasteiger partial charge in [-0.2, -0.15) is 0 Å². The molecular formula is C11H19NO2. The van der Waals surface area contributed by atoms with Crippen LogP contribution in [0.1, 0.15) is 20.3 Å². The number of ketones is 1. The summed E-state index contributed by atoms with van der Waals surface area (Å²) in [5.74, 6) is 0.163. The Kier molecular flexibility index (Phi) is 4.29. The van der Waals surface area contributed by atoms with Gasteiger partial charge in [0.1, 0.15) is 6.10 Å². The number of rotatable bonds is 4. The fourth-order valence-corrected chi connectivity index (χ4v) is 1.60. The average Bonchev–Trinajstić information content (AvgIpc) is 2.17. The third kappa shape index (κ3) is 3.24. The molecule has 0 bridgehead atoms. The molecule has 14 heavy (non-hydrogen) atoms. The van der Waals surface area contributed by atoms with Crippen LogP contribution < -0.4 is 0 Å². The molecule has 1 unspecified atom stereocenters. The first kappa shape index (κ1) is 11.4. The molecule has 1 fully saturated rings. The number of ether oxygens (including phenoxy) is 1. The van der Waals surface area contributed by atoms with Gasteiger partial charge in [-0.1, -0.05) is 19.1 Å². The number of likely N-dealkylation sites (N-methyl/N-ethyl adjacent to an activating group) is 1. The molecule has 1 saturated heterocycles. The van der Waals surface area contributed by atoms with Crippen LogP contribution in [0.25, 0.3) is 0 Å². The fourth-order valence-electron chi connectivity index (χ4n) is 1.60. The van der Waals surface area contributed by atoms with Gasteiger partial charge in [0.15, 0.2) is 5.78 Å². The van der Waals surface area contributed by atoms with Crippen molar-refractivity contribution in [2.24, 2.45) is 0 Å². The van der Waals surface area contributed by atoms with E-state index in [1.807, 2.05) is 6.92 Å². The molecule has 1 rings (SSSR count). The molecule has 1 aliphatic heterocycles. The van der Waals surface area contributed by atoms with E-state index >= 15 is 0 Å². The molecule has 1 aliphatic rings. The van der Waals surface area contributed by atoms with E-state index in [-0.39, 0.29) is 11.9 Å². The minimum atomic E-state index is -0.236. The summed E-state index contributed by atoms with van der Waals surface area (Å²) in [6.07, 6.45) is 0.211. The predicted molar refractivity (Wildman–Crippen MR) is 56.3 cm³/mol. The standard InChI is InChI=1S/C11H19NO2/c1-4-12-5-6-14-11(8-12)10(13)7-9(2)3/h11H,2,4-8H2,1,3H3. The number of morpholine rings is 1. The van der Waals surface area contributed by atoms with Crippen molar-refractivity contribution in [2.45, 2.75) is 26.4 Å². The van der Waals surface area contributed by atoms with Crippen molar-refractivity contribution >= 4 is 5.78 Å². The Labute approximate surface area is 85.7 Å². The number of nitrogens with zero attached hydrogens (tertiary/aromatic N) is 1. The van der Waals surface area contributed by atoms with Gasteiger partial charge in [0.25, 0.3) is 0 Å². The van der Waals surface area contributed by atoms with E-state index in [2.05, 4.69) is 18.4 Å². The fraction of sp³-hybridized carbons (Fsp3) is 0.727. The molecule has 3 nitrogen and oxygen atoms in total. The van der Waals surface area contributed by atoms with Crippen molar-refractivity contribution in [1.82, 2.24) is 4.90 Å². The molecule has 0 aliphatic carbocycles. The van der Waals surface area contributed by atoms with E-state index in [0.717, 1.165) is 25.2 Å². The summed E-state index contributed by atoms with van der Waals surface area (Å²) in [5, 5.41) is 0. The summed E-state index contributed by atoms with van der Waals surface area (Å²) in [6, 6.07) is 0. The van der Waals surface area contributed by atoms with Crippen LogP contribution in [-0.4, -0.2) is 43.0 Å². The maximum Gasteiger partial charge on any atom is 0.166 e. The zero-order valence-electron chi connectivity index (χ0n) is 9.08. The number of carbonyl (C=O) groups is 1. The van der Waals surface area contributed by atoms with Crippen LogP contribution in [-0.2, 0) is 9.53 Å². The van der Waals surface area contributed by atoms with Gasteiger partial charge in [-0.3, -0.25) is 9.69 Å². The SMILES string of the molecule is C=C(C)CC(=O)C1CN(CC)CCO1. The van der Waals surface area contributed by atoms with Crippen molar-refractivity contribution in [2.75, 3.05) is 26.2 Å². The van der Waals surface area contributed by atoms with E-state index in [4.69, 9.17) is 4.74 Å². The topological polar surface area (TPSA) is 29.5 Å². The molecular weight excluding hydrogens is 178 g/mol.